The second-order valence-corrected chi connectivity index (χ2v) is 4.61. The molecule has 1 aromatic rings. The molecule has 2 atom stereocenters. The quantitative estimate of drug-likeness (QED) is 0.871. The van der Waals surface area contributed by atoms with Gasteiger partial charge in [0, 0.05) is 23.0 Å². The average molecular weight is 240 g/mol. The van der Waals surface area contributed by atoms with Crippen LogP contribution in [0.5, 0.6) is 5.75 Å². The monoisotopic (exact) mass is 239 g/mol. The van der Waals surface area contributed by atoms with Crippen molar-refractivity contribution in [3.8, 4) is 5.75 Å². The Kier molecular flexibility index (Phi) is 3.72. The zero-order chi connectivity index (χ0) is 11.5. The number of hydrogen-bond acceptors (Lipinski definition) is 2. The van der Waals surface area contributed by atoms with E-state index < -0.39 is 0 Å². The number of hydrogen-bond donors (Lipinski definition) is 1. The average Bonchev–Trinajstić information content (AvgIpc) is 2.30. The van der Waals surface area contributed by atoms with E-state index in [-0.39, 0.29) is 0 Å². The van der Waals surface area contributed by atoms with Crippen LogP contribution < -0.4 is 10.1 Å². The van der Waals surface area contributed by atoms with Gasteiger partial charge >= 0.3 is 0 Å². The SMILES string of the molecule is CCNC1CC(CC)Oc2ccc(Cl)cc21. The summed E-state index contributed by atoms with van der Waals surface area (Å²) in [4.78, 5) is 0. The van der Waals surface area contributed by atoms with Gasteiger partial charge in [0.1, 0.15) is 11.9 Å². The van der Waals surface area contributed by atoms with Gasteiger partial charge in [-0.3, -0.25) is 0 Å². The molecule has 88 valence electrons. The Morgan fingerprint density at radius 2 is 2.25 bits per heavy atom. The molecule has 0 amide bonds. The molecule has 3 heteroatoms. The lowest BCUT2D eigenvalue weighted by Gasteiger charge is -2.32. The van der Waals surface area contributed by atoms with Gasteiger partial charge in [-0.15, -0.1) is 0 Å². The zero-order valence-electron chi connectivity index (χ0n) is 9.79. The van der Waals surface area contributed by atoms with Gasteiger partial charge in [-0.2, -0.15) is 0 Å². The zero-order valence-corrected chi connectivity index (χ0v) is 10.6. The minimum atomic E-state index is 0.317. The molecule has 0 fully saturated rings. The fraction of sp³-hybridized carbons (Fsp3) is 0.538. The Balaban J connectivity index is 2.31. The second-order valence-electron chi connectivity index (χ2n) is 4.18. The van der Waals surface area contributed by atoms with E-state index in [0.717, 1.165) is 30.2 Å². The molecule has 1 heterocycles. The minimum Gasteiger partial charge on any atom is -0.490 e. The molecule has 0 saturated heterocycles. The van der Waals surface area contributed by atoms with Gasteiger partial charge in [-0.05, 0) is 31.2 Å². The lowest BCUT2D eigenvalue weighted by atomic mass is 9.95. The maximum atomic E-state index is 6.03. The van der Waals surface area contributed by atoms with Crippen LogP contribution in [0.2, 0.25) is 5.02 Å². The lowest BCUT2D eigenvalue weighted by molar-refractivity contribution is 0.146. The maximum Gasteiger partial charge on any atom is 0.124 e. The van der Waals surface area contributed by atoms with E-state index >= 15 is 0 Å². The molecule has 0 saturated carbocycles. The Morgan fingerprint density at radius 1 is 1.44 bits per heavy atom. The standard InChI is InChI=1S/C13H18ClNO/c1-3-10-8-12(15-4-2)11-7-9(14)5-6-13(11)16-10/h5-7,10,12,15H,3-4,8H2,1-2H3. The number of benzene rings is 1. The highest BCUT2D eigenvalue weighted by molar-refractivity contribution is 6.30. The number of nitrogens with one attached hydrogen (secondary N) is 1. The number of fused-ring (bicyclic) bond motifs is 1. The van der Waals surface area contributed by atoms with Crippen molar-refractivity contribution in [2.45, 2.75) is 38.8 Å². The molecule has 16 heavy (non-hydrogen) atoms. The van der Waals surface area contributed by atoms with E-state index in [0.29, 0.717) is 12.1 Å². The van der Waals surface area contributed by atoms with Gasteiger partial charge in [0.05, 0.1) is 0 Å². The Morgan fingerprint density at radius 3 is 2.94 bits per heavy atom. The molecule has 0 spiro atoms. The van der Waals surface area contributed by atoms with Crippen molar-refractivity contribution in [2.75, 3.05) is 6.54 Å². The Bertz CT molecular complexity index is 367. The predicted molar refractivity (Wildman–Crippen MR) is 67.2 cm³/mol. The lowest BCUT2D eigenvalue weighted by Crippen LogP contribution is -2.32. The van der Waals surface area contributed by atoms with Crippen LogP contribution in [0.25, 0.3) is 0 Å². The molecule has 2 unspecified atom stereocenters. The molecule has 2 rings (SSSR count). The van der Waals surface area contributed by atoms with Crippen molar-refractivity contribution in [2.24, 2.45) is 0 Å². The van der Waals surface area contributed by atoms with Crippen molar-refractivity contribution >= 4 is 11.6 Å². The van der Waals surface area contributed by atoms with Gasteiger partial charge in [-0.1, -0.05) is 25.4 Å². The Labute approximate surface area is 102 Å². The molecule has 2 nitrogen and oxygen atoms in total. The fourth-order valence-electron chi connectivity index (χ4n) is 2.21. The first-order valence-corrected chi connectivity index (χ1v) is 6.31. The maximum absolute atomic E-state index is 6.03. The highest BCUT2D eigenvalue weighted by Gasteiger charge is 2.26. The van der Waals surface area contributed by atoms with Gasteiger partial charge in [0.15, 0.2) is 0 Å². The summed E-state index contributed by atoms with van der Waals surface area (Å²) in [5.74, 6) is 0.980. The second kappa shape index (κ2) is 5.07. The van der Waals surface area contributed by atoms with E-state index in [1.54, 1.807) is 0 Å². The van der Waals surface area contributed by atoms with E-state index in [4.69, 9.17) is 16.3 Å². The van der Waals surface area contributed by atoms with Crippen molar-refractivity contribution in [1.82, 2.24) is 5.32 Å². The normalized spacial score (nSPS) is 23.7. The van der Waals surface area contributed by atoms with Crippen LogP contribution in [0.3, 0.4) is 0 Å². The van der Waals surface area contributed by atoms with Gasteiger partial charge in [0.2, 0.25) is 0 Å². The summed E-state index contributed by atoms with van der Waals surface area (Å²) in [5.41, 5.74) is 1.19. The third-order valence-electron chi connectivity index (χ3n) is 3.05. The van der Waals surface area contributed by atoms with Gasteiger partial charge in [-0.25, -0.2) is 0 Å². The molecular weight excluding hydrogens is 222 g/mol. The van der Waals surface area contributed by atoms with Crippen LogP contribution in [0.4, 0.5) is 0 Å². The fourth-order valence-corrected chi connectivity index (χ4v) is 2.39. The van der Waals surface area contributed by atoms with Gasteiger partial charge in [0.25, 0.3) is 0 Å². The molecule has 0 radical (unpaired) electrons. The molecule has 1 aliphatic rings. The van der Waals surface area contributed by atoms with Crippen molar-refractivity contribution < 1.29 is 4.74 Å². The summed E-state index contributed by atoms with van der Waals surface area (Å²) < 4.78 is 5.91. The molecule has 0 aliphatic carbocycles. The summed E-state index contributed by atoms with van der Waals surface area (Å²) in [7, 11) is 0. The highest BCUT2D eigenvalue weighted by Crippen LogP contribution is 2.37. The molecule has 1 aromatic carbocycles. The van der Waals surface area contributed by atoms with E-state index in [1.165, 1.54) is 5.56 Å². The van der Waals surface area contributed by atoms with Crippen LogP contribution in [-0.2, 0) is 0 Å². The van der Waals surface area contributed by atoms with E-state index in [2.05, 4.69) is 19.2 Å². The van der Waals surface area contributed by atoms with Crippen LogP contribution >= 0.6 is 11.6 Å². The summed E-state index contributed by atoms with van der Waals surface area (Å²) >= 11 is 6.03. The number of halogens is 1. The first-order chi connectivity index (χ1) is 7.74. The summed E-state index contributed by atoms with van der Waals surface area (Å²) in [6.45, 7) is 5.25. The molecular formula is C13H18ClNO. The number of rotatable bonds is 3. The molecule has 1 aliphatic heterocycles. The first-order valence-electron chi connectivity index (χ1n) is 5.94. The van der Waals surface area contributed by atoms with Crippen LogP contribution in [0.15, 0.2) is 18.2 Å². The molecule has 0 aromatic heterocycles. The summed E-state index contributed by atoms with van der Waals surface area (Å²) in [6.07, 6.45) is 2.39. The smallest absolute Gasteiger partial charge is 0.124 e. The highest BCUT2D eigenvalue weighted by atomic mass is 35.5. The van der Waals surface area contributed by atoms with Gasteiger partial charge < -0.3 is 10.1 Å². The van der Waals surface area contributed by atoms with E-state index in [9.17, 15) is 0 Å². The minimum absolute atomic E-state index is 0.317. The first kappa shape index (κ1) is 11.7. The van der Waals surface area contributed by atoms with Crippen LogP contribution in [0, 0.1) is 0 Å². The predicted octanol–water partition coefficient (Wildman–Crippen LogP) is 3.55. The third-order valence-corrected chi connectivity index (χ3v) is 3.28. The van der Waals surface area contributed by atoms with Crippen molar-refractivity contribution in [3.63, 3.8) is 0 Å². The van der Waals surface area contributed by atoms with Crippen LogP contribution in [-0.4, -0.2) is 12.6 Å². The molecule has 1 N–H and O–H groups in total. The largest absolute Gasteiger partial charge is 0.490 e. The third kappa shape index (κ3) is 2.33. The topological polar surface area (TPSA) is 21.3 Å². The Hall–Kier alpha value is -0.730. The number of ether oxygens (including phenoxy) is 1. The van der Waals surface area contributed by atoms with Crippen molar-refractivity contribution in [3.05, 3.63) is 28.8 Å². The van der Waals surface area contributed by atoms with Crippen LogP contribution in [0.1, 0.15) is 38.3 Å². The summed E-state index contributed by atoms with van der Waals surface area (Å²) in [5, 5.41) is 4.27. The molecule has 0 bridgehead atoms. The summed E-state index contributed by atoms with van der Waals surface area (Å²) in [6, 6.07) is 6.25. The van der Waals surface area contributed by atoms with E-state index in [1.807, 2.05) is 18.2 Å². The van der Waals surface area contributed by atoms with Crippen molar-refractivity contribution in [1.29, 1.82) is 0 Å².